The maximum absolute atomic E-state index is 11.8. The van der Waals surface area contributed by atoms with Gasteiger partial charge in [0.25, 0.3) is 0 Å². The monoisotopic (exact) mass is 256 g/mol. The van der Waals surface area contributed by atoms with Crippen molar-refractivity contribution < 1.29 is 14.3 Å². The number of amides is 1. The molecule has 0 bridgehead atoms. The van der Waals surface area contributed by atoms with Crippen LogP contribution < -0.4 is 5.32 Å². The van der Waals surface area contributed by atoms with Crippen molar-refractivity contribution in [1.29, 1.82) is 0 Å². The number of ether oxygens (including phenoxy) is 1. The second-order valence-corrected chi connectivity index (χ2v) is 4.50. The van der Waals surface area contributed by atoms with Gasteiger partial charge in [-0.05, 0) is 26.2 Å². The molecule has 18 heavy (non-hydrogen) atoms. The summed E-state index contributed by atoms with van der Waals surface area (Å²) in [6.07, 6.45) is 3.35. The van der Waals surface area contributed by atoms with Gasteiger partial charge in [0, 0.05) is 26.1 Å². The molecule has 1 heterocycles. The SMILES string of the molecule is CCOC(=O)C(CC)NCCC(=O)N1CCCC1. The van der Waals surface area contributed by atoms with Gasteiger partial charge in [0.2, 0.25) is 5.91 Å². The number of nitrogens with zero attached hydrogens (tertiary/aromatic N) is 1. The van der Waals surface area contributed by atoms with Crippen LogP contribution in [0.15, 0.2) is 0 Å². The summed E-state index contributed by atoms with van der Waals surface area (Å²) in [5.74, 6) is -0.0488. The average Bonchev–Trinajstić information content (AvgIpc) is 2.88. The molecule has 1 N–H and O–H groups in total. The van der Waals surface area contributed by atoms with Crippen LogP contribution in [0.1, 0.15) is 39.5 Å². The molecule has 104 valence electrons. The predicted molar refractivity (Wildman–Crippen MR) is 69.1 cm³/mol. The summed E-state index contributed by atoms with van der Waals surface area (Å²) in [7, 11) is 0. The van der Waals surface area contributed by atoms with E-state index in [4.69, 9.17) is 4.74 Å². The zero-order valence-electron chi connectivity index (χ0n) is 11.4. The Kier molecular flexibility index (Phi) is 6.72. The van der Waals surface area contributed by atoms with Crippen molar-refractivity contribution in [2.24, 2.45) is 0 Å². The third kappa shape index (κ3) is 4.64. The van der Waals surface area contributed by atoms with Crippen LogP contribution in [0.2, 0.25) is 0 Å². The van der Waals surface area contributed by atoms with Crippen molar-refractivity contribution in [3.8, 4) is 0 Å². The van der Waals surface area contributed by atoms with E-state index in [-0.39, 0.29) is 17.9 Å². The lowest BCUT2D eigenvalue weighted by molar-refractivity contribution is -0.146. The Labute approximate surface area is 109 Å². The molecule has 1 rings (SSSR count). The Morgan fingerprint density at radius 1 is 1.28 bits per heavy atom. The van der Waals surface area contributed by atoms with Gasteiger partial charge in [-0.15, -0.1) is 0 Å². The van der Waals surface area contributed by atoms with E-state index >= 15 is 0 Å². The lowest BCUT2D eigenvalue weighted by atomic mass is 10.2. The number of nitrogens with one attached hydrogen (secondary N) is 1. The summed E-state index contributed by atoms with van der Waals surface area (Å²) in [5.41, 5.74) is 0. The van der Waals surface area contributed by atoms with E-state index in [9.17, 15) is 9.59 Å². The summed E-state index contributed by atoms with van der Waals surface area (Å²) in [4.78, 5) is 25.2. The molecule has 0 saturated carbocycles. The number of hydrogen-bond donors (Lipinski definition) is 1. The van der Waals surface area contributed by atoms with Crippen molar-refractivity contribution in [2.45, 2.75) is 45.6 Å². The van der Waals surface area contributed by atoms with Crippen molar-refractivity contribution in [1.82, 2.24) is 10.2 Å². The van der Waals surface area contributed by atoms with E-state index < -0.39 is 0 Å². The van der Waals surface area contributed by atoms with E-state index in [1.807, 2.05) is 11.8 Å². The summed E-state index contributed by atoms with van der Waals surface area (Å²) < 4.78 is 4.96. The van der Waals surface area contributed by atoms with Gasteiger partial charge in [0.05, 0.1) is 6.61 Å². The largest absolute Gasteiger partial charge is 0.465 e. The van der Waals surface area contributed by atoms with Gasteiger partial charge in [-0.1, -0.05) is 6.92 Å². The number of rotatable bonds is 7. The highest BCUT2D eigenvalue weighted by atomic mass is 16.5. The first-order valence-corrected chi connectivity index (χ1v) is 6.86. The second kappa shape index (κ2) is 8.08. The second-order valence-electron chi connectivity index (χ2n) is 4.50. The molecule has 5 nitrogen and oxygen atoms in total. The molecule has 1 fully saturated rings. The van der Waals surface area contributed by atoms with Crippen LogP contribution in [-0.2, 0) is 14.3 Å². The Bertz CT molecular complexity index is 275. The fraction of sp³-hybridized carbons (Fsp3) is 0.846. The van der Waals surface area contributed by atoms with Crippen molar-refractivity contribution in [2.75, 3.05) is 26.2 Å². The van der Waals surface area contributed by atoms with Gasteiger partial charge in [-0.2, -0.15) is 0 Å². The lowest BCUT2D eigenvalue weighted by Gasteiger charge is -2.18. The van der Waals surface area contributed by atoms with Crippen molar-refractivity contribution in [3.05, 3.63) is 0 Å². The van der Waals surface area contributed by atoms with Gasteiger partial charge in [-0.25, -0.2) is 0 Å². The summed E-state index contributed by atoms with van der Waals surface area (Å²) in [6.45, 7) is 6.41. The molecule has 0 aromatic rings. The third-order valence-corrected chi connectivity index (χ3v) is 3.17. The molecule has 0 spiro atoms. The van der Waals surface area contributed by atoms with Gasteiger partial charge in [0.15, 0.2) is 0 Å². The molecule has 1 saturated heterocycles. The summed E-state index contributed by atoms with van der Waals surface area (Å²) >= 11 is 0. The minimum Gasteiger partial charge on any atom is -0.465 e. The molecule has 5 heteroatoms. The topological polar surface area (TPSA) is 58.6 Å². The van der Waals surface area contributed by atoms with E-state index in [1.54, 1.807) is 6.92 Å². The quantitative estimate of drug-likeness (QED) is 0.688. The molecule has 1 atom stereocenters. The first-order chi connectivity index (χ1) is 8.69. The fourth-order valence-electron chi connectivity index (χ4n) is 2.12. The third-order valence-electron chi connectivity index (χ3n) is 3.17. The van der Waals surface area contributed by atoms with E-state index in [1.165, 1.54) is 0 Å². The minimum absolute atomic E-state index is 0.179. The number of carbonyl (C=O) groups is 2. The van der Waals surface area contributed by atoms with Crippen LogP contribution in [0.25, 0.3) is 0 Å². The van der Waals surface area contributed by atoms with E-state index in [0.29, 0.717) is 26.0 Å². The number of carbonyl (C=O) groups excluding carboxylic acids is 2. The predicted octanol–water partition coefficient (Wildman–Crippen LogP) is 0.930. The van der Waals surface area contributed by atoms with E-state index in [0.717, 1.165) is 25.9 Å². The Morgan fingerprint density at radius 2 is 1.94 bits per heavy atom. The Morgan fingerprint density at radius 3 is 2.50 bits per heavy atom. The Hall–Kier alpha value is -1.10. The molecule has 1 aliphatic heterocycles. The zero-order chi connectivity index (χ0) is 13.4. The maximum Gasteiger partial charge on any atom is 0.323 e. The number of likely N-dealkylation sites (tertiary alicyclic amines) is 1. The van der Waals surface area contributed by atoms with Crippen LogP contribution in [0.4, 0.5) is 0 Å². The van der Waals surface area contributed by atoms with Gasteiger partial charge in [-0.3, -0.25) is 9.59 Å². The Balaban J connectivity index is 2.22. The lowest BCUT2D eigenvalue weighted by Crippen LogP contribution is -2.40. The van der Waals surface area contributed by atoms with Crippen molar-refractivity contribution >= 4 is 11.9 Å². The number of hydrogen-bond acceptors (Lipinski definition) is 4. The molecule has 1 aliphatic rings. The summed E-state index contributed by atoms with van der Waals surface area (Å²) in [5, 5.41) is 3.09. The molecular formula is C13H24N2O3. The van der Waals surface area contributed by atoms with E-state index in [2.05, 4.69) is 5.32 Å². The highest BCUT2D eigenvalue weighted by Crippen LogP contribution is 2.08. The van der Waals surface area contributed by atoms with Gasteiger partial charge >= 0.3 is 5.97 Å². The molecule has 0 aromatic carbocycles. The van der Waals surface area contributed by atoms with Crippen LogP contribution >= 0.6 is 0 Å². The molecule has 0 aliphatic carbocycles. The first-order valence-electron chi connectivity index (χ1n) is 6.86. The zero-order valence-corrected chi connectivity index (χ0v) is 11.4. The highest BCUT2D eigenvalue weighted by molar-refractivity contribution is 5.77. The average molecular weight is 256 g/mol. The smallest absolute Gasteiger partial charge is 0.323 e. The standard InChI is InChI=1S/C13H24N2O3/c1-3-11(13(17)18-4-2)14-8-7-12(16)15-9-5-6-10-15/h11,14H,3-10H2,1-2H3. The highest BCUT2D eigenvalue weighted by Gasteiger charge is 2.20. The van der Waals surface area contributed by atoms with Crippen LogP contribution in [0.3, 0.4) is 0 Å². The normalized spacial score (nSPS) is 16.7. The van der Waals surface area contributed by atoms with Crippen molar-refractivity contribution in [3.63, 3.8) is 0 Å². The summed E-state index contributed by atoms with van der Waals surface area (Å²) in [6, 6.07) is -0.295. The van der Waals surface area contributed by atoms with Crippen LogP contribution in [0, 0.1) is 0 Å². The van der Waals surface area contributed by atoms with Gasteiger partial charge in [0.1, 0.15) is 6.04 Å². The molecule has 0 radical (unpaired) electrons. The minimum atomic E-state index is -0.295. The number of esters is 1. The fourth-order valence-corrected chi connectivity index (χ4v) is 2.12. The molecule has 1 unspecified atom stereocenters. The molecule has 0 aromatic heterocycles. The van der Waals surface area contributed by atoms with Gasteiger partial charge < -0.3 is 15.0 Å². The van der Waals surface area contributed by atoms with Crippen LogP contribution in [0.5, 0.6) is 0 Å². The first kappa shape index (κ1) is 15.0. The van der Waals surface area contributed by atoms with Crippen LogP contribution in [-0.4, -0.2) is 49.1 Å². The maximum atomic E-state index is 11.8. The molecule has 1 amide bonds. The molecular weight excluding hydrogens is 232 g/mol.